The number of hydrogen-bond acceptors (Lipinski definition) is 5. The molecule has 2 rings (SSSR count). The first-order valence-corrected chi connectivity index (χ1v) is 9.03. The maximum absolute atomic E-state index is 12.8. The summed E-state index contributed by atoms with van der Waals surface area (Å²) in [6.07, 6.45) is 1.46. The van der Waals surface area contributed by atoms with Gasteiger partial charge in [-0.15, -0.1) is 0 Å². The van der Waals surface area contributed by atoms with Gasteiger partial charge in [0.15, 0.2) is 0 Å². The largest absolute Gasteiger partial charge is 0.494 e. The third-order valence-corrected chi connectivity index (χ3v) is 4.25. The van der Waals surface area contributed by atoms with Gasteiger partial charge in [-0.1, -0.05) is 13.8 Å². The fourth-order valence-corrected chi connectivity index (χ4v) is 2.94. The molecule has 0 bridgehead atoms. The summed E-state index contributed by atoms with van der Waals surface area (Å²) >= 11 is 0. The highest BCUT2D eigenvalue weighted by atomic mass is 16.5. The standard InChI is InChI=1S/C19H26N2O5/c1-3-12-26-15-8-6-14(7-9-15)21-18(24)13-16(19(21)25)20(10-5-11-22)17(23)4-2/h6-9,16,22H,3-5,10-13H2,1-2H3/t16-/m0/s1. The van der Waals surface area contributed by atoms with Crippen LogP contribution in [0.1, 0.15) is 39.5 Å². The van der Waals surface area contributed by atoms with Crippen LogP contribution in [0.5, 0.6) is 5.75 Å². The molecule has 0 saturated carbocycles. The second kappa shape index (κ2) is 9.33. The Morgan fingerprint density at radius 3 is 2.54 bits per heavy atom. The van der Waals surface area contributed by atoms with Crippen molar-refractivity contribution < 1.29 is 24.2 Å². The number of nitrogens with zero attached hydrogens (tertiary/aromatic N) is 2. The Bertz CT molecular complexity index is 644. The molecule has 1 aromatic carbocycles. The number of anilines is 1. The fourth-order valence-electron chi connectivity index (χ4n) is 2.94. The first-order chi connectivity index (χ1) is 12.5. The SMILES string of the molecule is CCCOc1ccc(N2C(=O)C[C@H](N(CCCO)C(=O)CC)C2=O)cc1. The van der Waals surface area contributed by atoms with Crippen LogP contribution in [0.25, 0.3) is 0 Å². The van der Waals surface area contributed by atoms with Gasteiger partial charge >= 0.3 is 0 Å². The van der Waals surface area contributed by atoms with Gasteiger partial charge in [0.25, 0.3) is 5.91 Å². The summed E-state index contributed by atoms with van der Waals surface area (Å²) in [5.41, 5.74) is 0.470. The maximum atomic E-state index is 12.8. The lowest BCUT2D eigenvalue weighted by molar-refractivity contribution is -0.138. The van der Waals surface area contributed by atoms with Crippen molar-refractivity contribution >= 4 is 23.4 Å². The van der Waals surface area contributed by atoms with Crippen LogP contribution in [0.15, 0.2) is 24.3 Å². The van der Waals surface area contributed by atoms with Gasteiger partial charge in [0.05, 0.1) is 18.7 Å². The zero-order chi connectivity index (χ0) is 19.1. The van der Waals surface area contributed by atoms with Gasteiger partial charge in [-0.2, -0.15) is 0 Å². The molecule has 26 heavy (non-hydrogen) atoms. The number of rotatable bonds is 9. The number of aliphatic hydroxyl groups is 1. The molecule has 1 saturated heterocycles. The normalized spacial score (nSPS) is 16.9. The average molecular weight is 362 g/mol. The van der Waals surface area contributed by atoms with Crippen molar-refractivity contribution in [3.05, 3.63) is 24.3 Å². The number of amides is 3. The number of carbonyl (C=O) groups is 3. The monoisotopic (exact) mass is 362 g/mol. The fraction of sp³-hybridized carbons (Fsp3) is 0.526. The molecule has 1 heterocycles. The van der Waals surface area contributed by atoms with Gasteiger partial charge in [0.2, 0.25) is 11.8 Å². The summed E-state index contributed by atoms with van der Waals surface area (Å²) in [5.74, 6) is -0.260. The van der Waals surface area contributed by atoms with Gasteiger partial charge in [0, 0.05) is 19.6 Å². The van der Waals surface area contributed by atoms with Crippen LogP contribution < -0.4 is 9.64 Å². The van der Waals surface area contributed by atoms with E-state index in [2.05, 4.69) is 0 Å². The van der Waals surface area contributed by atoms with Crippen molar-refractivity contribution in [3.63, 3.8) is 0 Å². The third kappa shape index (κ3) is 4.40. The zero-order valence-corrected chi connectivity index (χ0v) is 15.3. The van der Waals surface area contributed by atoms with Gasteiger partial charge < -0.3 is 14.7 Å². The van der Waals surface area contributed by atoms with Gasteiger partial charge in [-0.25, -0.2) is 4.90 Å². The van der Waals surface area contributed by atoms with E-state index in [1.807, 2.05) is 6.92 Å². The Morgan fingerprint density at radius 1 is 1.27 bits per heavy atom. The molecule has 0 spiro atoms. The van der Waals surface area contributed by atoms with Crippen LogP contribution >= 0.6 is 0 Å². The van der Waals surface area contributed by atoms with Gasteiger partial charge in [-0.05, 0) is 37.1 Å². The van der Waals surface area contributed by atoms with Gasteiger partial charge in [-0.3, -0.25) is 14.4 Å². The van der Waals surface area contributed by atoms with Crippen molar-refractivity contribution in [1.82, 2.24) is 4.90 Å². The second-order valence-electron chi connectivity index (χ2n) is 6.15. The van der Waals surface area contributed by atoms with Crippen LogP contribution in [0.4, 0.5) is 5.69 Å². The topological polar surface area (TPSA) is 87.2 Å². The molecule has 0 unspecified atom stereocenters. The average Bonchev–Trinajstić information content (AvgIpc) is 2.94. The highest BCUT2D eigenvalue weighted by Crippen LogP contribution is 2.28. The summed E-state index contributed by atoms with van der Waals surface area (Å²) in [4.78, 5) is 40.0. The minimum atomic E-state index is -0.808. The second-order valence-corrected chi connectivity index (χ2v) is 6.15. The number of ether oxygens (including phenoxy) is 1. The third-order valence-electron chi connectivity index (χ3n) is 4.25. The molecule has 142 valence electrons. The molecule has 0 radical (unpaired) electrons. The van der Waals surface area contributed by atoms with Crippen LogP contribution in [0, 0.1) is 0 Å². The Hall–Kier alpha value is -2.41. The van der Waals surface area contributed by atoms with E-state index >= 15 is 0 Å². The minimum Gasteiger partial charge on any atom is -0.494 e. The van der Waals surface area contributed by atoms with Crippen molar-refractivity contribution in [2.24, 2.45) is 0 Å². The Balaban J connectivity index is 2.17. The van der Waals surface area contributed by atoms with Crippen molar-refractivity contribution in [2.75, 3.05) is 24.7 Å². The van der Waals surface area contributed by atoms with E-state index < -0.39 is 11.9 Å². The highest BCUT2D eigenvalue weighted by Gasteiger charge is 2.43. The quantitative estimate of drug-likeness (QED) is 0.676. The maximum Gasteiger partial charge on any atom is 0.257 e. The molecule has 1 aliphatic rings. The molecule has 1 fully saturated rings. The van der Waals surface area contributed by atoms with E-state index in [1.54, 1.807) is 31.2 Å². The summed E-state index contributed by atoms with van der Waals surface area (Å²) in [6.45, 7) is 4.50. The van der Waals surface area contributed by atoms with Gasteiger partial charge in [0.1, 0.15) is 11.8 Å². The van der Waals surface area contributed by atoms with Crippen LogP contribution in [0.2, 0.25) is 0 Å². The van der Waals surface area contributed by atoms with E-state index in [0.29, 0.717) is 24.5 Å². The Labute approximate surface area is 153 Å². The number of carbonyl (C=O) groups excluding carboxylic acids is 3. The first kappa shape index (κ1) is 19.9. The number of benzene rings is 1. The van der Waals surface area contributed by atoms with Crippen LogP contribution in [-0.2, 0) is 14.4 Å². The van der Waals surface area contributed by atoms with Crippen molar-refractivity contribution in [1.29, 1.82) is 0 Å². The molecular formula is C19H26N2O5. The summed E-state index contributed by atoms with van der Waals surface area (Å²) < 4.78 is 5.51. The lowest BCUT2D eigenvalue weighted by Crippen LogP contribution is -2.46. The van der Waals surface area contributed by atoms with Crippen LogP contribution in [0.3, 0.4) is 0 Å². The Kier molecular flexibility index (Phi) is 7.15. The molecule has 0 aliphatic carbocycles. The van der Waals surface area contributed by atoms with E-state index in [0.717, 1.165) is 11.3 Å². The lowest BCUT2D eigenvalue weighted by atomic mass is 10.2. The van der Waals surface area contributed by atoms with E-state index in [1.165, 1.54) is 4.90 Å². The lowest BCUT2D eigenvalue weighted by Gasteiger charge is -2.27. The molecule has 7 heteroatoms. The smallest absolute Gasteiger partial charge is 0.257 e. The number of imide groups is 1. The summed E-state index contributed by atoms with van der Waals surface area (Å²) in [5, 5.41) is 9.04. The molecule has 3 amide bonds. The highest BCUT2D eigenvalue weighted by molar-refractivity contribution is 6.23. The summed E-state index contributed by atoms with van der Waals surface area (Å²) in [7, 11) is 0. The van der Waals surface area contributed by atoms with Crippen molar-refractivity contribution in [2.45, 2.75) is 45.6 Å². The molecule has 7 nitrogen and oxygen atoms in total. The molecular weight excluding hydrogens is 336 g/mol. The predicted octanol–water partition coefficient (Wildman–Crippen LogP) is 1.73. The molecule has 1 aromatic rings. The summed E-state index contributed by atoms with van der Waals surface area (Å²) in [6, 6.07) is 5.97. The number of hydrogen-bond donors (Lipinski definition) is 1. The molecule has 1 aliphatic heterocycles. The van der Waals surface area contributed by atoms with Crippen molar-refractivity contribution in [3.8, 4) is 5.75 Å². The Morgan fingerprint density at radius 2 is 1.96 bits per heavy atom. The molecule has 0 aromatic heterocycles. The first-order valence-electron chi connectivity index (χ1n) is 9.03. The molecule has 1 N–H and O–H groups in total. The predicted molar refractivity (Wildman–Crippen MR) is 96.8 cm³/mol. The number of aliphatic hydroxyl groups excluding tert-OH is 1. The van der Waals surface area contributed by atoms with Crippen LogP contribution in [-0.4, -0.2) is 53.5 Å². The minimum absolute atomic E-state index is 0.0376. The van der Waals surface area contributed by atoms with E-state index in [-0.39, 0.29) is 37.8 Å². The zero-order valence-electron chi connectivity index (χ0n) is 15.3. The van der Waals surface area contributed by atoms with E-state index in [9.17, 15) is 14.4 Å². The van der Waals surface area contributed by atoms with E-state index in [4.69, 9.17) is 9.84 Å². The molecule has 1 atom stereocenters.